The highest BCUT2D eigenvalue weighted by Crippen LogP contribution is 2.18. The average Bonchev–Trinajstić information content (AvgIpc) is 2.40. The Morgan fingerprint density at radius 2 is 1.86 bits per heavy atom. The van der Waals surface area contributed by atoms with Gasteiger partial charge in [-0.25, -0.2) is 0 Å². The van der Waals surface area contributed by atoms with Gasteiger partial charge in [-0.3, -0.25) is 9.35 Å². The molecule has 0 heterocycles. The Kier molecular flexibility index (Phi) is 8.13. The molecule has 0 radical (unpaired) electrons. The Labute approximate surface area is 128 Å². The number of rotatable bonds is 10. The zero-order valence-electron chi connectivity index (χ0n) is 13.5. The maximum absolute atomic E-state index is 11.0. The quantitative estimate of drug-likeness (QED) is 0.360. The average molecular weight is 321 g/mol. The van der Waals surface area contributed by atoms with Gasteiger partial charge in [-0.2, -0.15) is 8.42 Å². The van der Waals surface area contributed by atoms with Crippen LogP contribution in [0.15, 0.2) is 11.6 Å². The maximum atomic E-state index is 11.0. The van der Waals surface area contributed by atoms with Crippen molar-refractivity contribution in [3.05, 3.63) is 11.6 Å². The third-order valence-electron chi connectivity index (χ3n) is 4.40. The molecule has 1 unspecified atom stereocenters. The van der Waals surface area contributed by atoms with Crippen LogP contribution in [0.1, 0.15) is 40.5 Å². The molecule has 6 nitrogen and oxygen atoms in total. The Morgan fingerprint density at radius 1 is 1.33 bits per heavy atom. The van der Waals surface area contributed by atoms with Crippen LogP contribution in [0.5, 0.6) is 0 Å². The molecule has 0 rings (SSSR count). The summed E-state index contributed by atoms with van der Waals surface area (Å²) >= 11 is 0. The predicted molar refractivity (Wildman–Crippen MR) is 84.3 cm³/mol. The SMILES string of the molecule is CC[N+](CC)(CCC=C(C)C(N)=O)C(C)CCS(=O)(=O)O. The normalized spacial score (nSPS) is 15.0. The Hall–Kier alpha value is -0.920. The van der Waals surface area contributed by atoms with Crippen molar-refractivity contribution in [1.82, 2.24) is 0 Å². The molecular formula is C14H29N2O4S+. The van der Waals surface area contributed by atoms with E-state index < -0.39 is 16.0 Å². The van der Waals surface area contributed by atoms with Crippen molar-refractivity contribution in [2.75, 3.05) is 25.4 Å². The summed E-state index contributed by atoms with van der Waals surface area (Å²) in [5, 5.41) is 0. The first-order chi connectivity index (χ1) is 9.58. The second-order valence-electron chi connectivity index (χ2n) is 5.54. The van der Waals surface area contributed by atoms with Crippen molar-refractivity contribution in [3.8, 4) is 0 Å². The van der Waals surface area contributed by atoms with Gasteiger partial charge in [0.25, 0.3) is 10.1 Å². The number of nitrogens with zero attached hydrogens (tertiary/aromatic N) is 1. The highest BCUT2D eigenvalue weighted by atomic mass is 32.2. The fourth-order valence-electron chi connectivity index (χ4n) is 2.62. The molecule has 0 aliphatic rings. The van der Waals surface area contributed by atoms with Gasteiger partial charge in [0, 0.05) is 18.4 Å². The summed E-state index contributed by atoms with van der Waals surface area (Å²) in [6.07, 6.45) is 2.96. The van der Waals surface area contributed by atoms with Gasteiger partial charge < -0.3 is 10.2 Å². The molecule has 21 heavy (non-hydrogen) atoms. The number of amides is 1. The summed E-state index contributed by atoms with van der Waals surface area (Å²) in [7, 11) is -3.92. The second-order valence-corrected chi connectivity index (χ2v) is 7.11. The van der Waals surface area contributed by atoms with Crippen LogP contribution in [-0.2, 0) is 14.9 Å². The number of hydrogen-bond donors (Lipinski definition) is 2. The van der Waals surface area contributed by atoms with E-state index in [0.29, 0.717) is 18.4 Å². The number of carbonyl (C=O) groups is 1. The van der Waals surface area contributed by atoms with E-state index in [4.69, 9.17) is 10.3 Å². The molecule has 0 aromatic rings. The summed E-state index contributed by atoms with van der Waals surface area (Å²) in [5.41, 5.74) is 5.75. The van der Waals surface area contributed by atoms with Gasteiger partial charge in [-0.05, 0) is 27.7 Å². The summed E-state index contributed by atoms with van der Waals surface area (Å²) in [4.78, 5) is 11.0. The topological polar surface area (TPSA) is 97.5 Å². The maximum Gasteiger partial charge on any atom is 0.265 e. The summed E-state index contributed by atoms with van der Waals surface area (Å²) in [6.45, 7) is 10.4. The van der Waals surface area contributed by atoms with Gasteiger partial charge in [-0.15, -0.1) is 0 Å². The van der Waals surface area contributed by atoms with Crippen molar-refractivity contribution in [2.45, 2.75) is 46.6 Å². The minimum Gasteiger partial charge on any atom is -0.366 e. The number of primary amides is 1. The lowest BCUT2D eigenvalue weighted by Crippen LogP contribution is -2.55. The Balaban J connectivity index is 4.83. The smallest absolute Gasteiger partial charge is 0.265 e. The van der Waals surface area contributed by atoms with Crippen molar-refractivity contribution in [1.29, 1.82) is 0 Å². The van der Waals surface area contributed by atoms with Crippen molar-refractivity contribution < 1.29 is 22.2 Å². The number of carbonyl (C=O) groups excluding carboxylic acids is 1. The fraction of sp³-hybridized carbons (Fsp3) is 0.786. The minimum absolute atomic E-state index is 0.115. The lowest BCUT2D eigenvalue weighted by Gasteiger charge is -2.42. The standard InChI is InChI=1S/C14H28N2O4S/c1-5-16(6-2,10-7-8-12(3)14(15)17)13(4)9-11-21(18,19)20/h8,13H,5-7,9-11H2,1-4H3,(H2-,15,17,18,19,20)/p+1. The molecule has 0 fully saturated rings. The van der Waals surface area contributed by atoms with Crippen molar-refractivity contribution >= 4 is 16.0 Å². The summed E-state index contributed by atoms with van der Waals surface area (Å²) in [6, 6.07) is 0.115. The molecule has 7 heteroatoms. The lowest BCUT2D eigenvalue weighted by atomic mass is 10.1. The van der Waals surface area contributed by atoms with Crippen LogP contribution in [-0.4, -0.2) is 54.8 Å². The molecule has 0 spiro atoms. The molecule has 1 atom stereocenters. The largest absolute Gasteiger partial charge is 0.366 e. The Bertz CT molecular complexity index is 467. The van der Waals surface area contributed by atoms with E-state index in [0.717, 1.165) is 24.1 Å². The molecule has 0 aromatic carbocycles. The third kappa shape index (κ3) is 7.06. The first-order valence-corrected chi connectivity index (χ1v) is 8.96. The molecule has 0 bridgehead atoms. The fourth-order valence-corrected chi connectivity index (χ4v) is 3.25. The highest BCUT2D eigenvalue weighted by molar-refractivity contribution is 7.85. The van der Waals surface area contributed by atoms with Crippen LogP contribution in [0.3, 0.4) is 0 Å². The monoisotopic (exact) mass is 321 g/mol. The zero-order chi connectivity index (χ0) is 16.7. The van der Waals surface area contributed by atoms with Gasteiger partial charge in [0.15, 0.2) is 0 Å². The molecular weight excluding hydrogens is 292 g/mol. The van der Waals surface area contributed by atoms with E-state index >= 15 is 0 Å². The van der Waals surface area contributed by atoms with E-state index in [1.807, 2.05) is 13.0 Å². The Morgan fingerprint density at radius 3 is 2.24 bits per heavy atom. The van der Waals surface area contributed by atoms with E-state index in [1.165, 1.54) is 0 Å². The van der Waals surface area contributed by atoms with Crippen LogP contribution in [0.2, 0.25) is 0 Å². The van der Waals surface area contributed by atoms with E-state index in [9.17, 15) is 13.2 Å². The van der Waals surface area contributed by atoms with Crippen LogP contribution in [0, 0.1) is 0 Å². The van der Waals surface area contributed by atoms with Gasteiger partial charge in [0.1, 0.15) is 0 Å². The summed E-state index contributed by atoms with van der Waals surface area (Å²) in [5.74, 6) is -0.634. The van der Waals surface area contributed by atoms with E-state index in [1.54, 1.807) is 6.92 Å². The van der Waals surface area contributed by atoms with Gasteiger partial charge in [0.2, 0.25) is 5.91 Å². The molecule has 0 aliphatic heterocycles. The van der Waals surface area contributed by atoms with Crippen LogP contribution in [0.4, 0.5) is 0 Å². The van der Waals surface area contributed by atoms with Gasteiger partial charge in [0.05, 0.1) is 31.4 Å². The summed E-state index contributed by atoms with van der Waals surface area (Å²) < 4.78 is 31.5. The molecule has 0 saturated heterocycles. The van der Waals surface area contributed by atoms with Crippen LogP contribution in [0.25, 0.3) is 0 Å². The van der Waals surface area contributed by atoms with Gasteiger partial charge >= 0.3 is 0 Å². The molecule has 0 saturated carbocycles. The second kappa shape index (κ2) is 8.51. The minimum atomic E-state index is -3.92. The predicted octanol–water partition coefficient (Wildman–Crippen LogP) is 1.33. The van der Waals surface area contributed by atoms with Gasteiger partial charge in [-0.1, -0.05) is 6.08 Å². The highest BCUT2D eigenvalue weighted by Gasteiger charge is 2.30. The number of hydrogen-bond acceptors (Lipinski definition) is 3. The lowest BCUT2D eigenvalue weighted by molar-refractivity contribution is -0.946. The zero-order valence-corrected chi connectivity index (χ0v) is 14.3. The van der Waals surface area contributed by atoms with Crippen LogP contribution >= 0.6 is 0 Å². The molecule has 0 aromatic heterocycles. The molecule has 1 amide bonds. The molecule has 0 aliphatic carbocycles. The van der Waals surface area contributed by atoms with Crippen LogP contribution < -0.4 is 5.73 Å². The van der Waals surface area contributed by atoms with E-state index in [-0.39, 0.29) is 11.8 Å². The first kappa shape index (κ1) is 20.1. The molecule has 124 valence electrons. The third-order valence-corrected chi connectivity index (χ3v) is 5.15. The van der Waals surface area contributed by atoms with E-state index in [2.05, 4.69) is 13.8 Å². The number of nitrogens with two attached hydrogens (primary N) is 1. The van der Waals surface area contributed by atoms with Crippen molar-refractivity contribution in [3.63, 3.8) is 0 Å². The molecule has 3 N–H and O–H groups in total. The number of quaternary nitrogens is 1. The first-order valence-electron chi connectivity index (χ1n) is 7.35. The van der Waals surface area contributed by atoms with Crippen molar-refractivity contribution in [2.24, 2.45) is 5.73 Å².